The van der Waals surface area contributed by atoms with E-state index in [0.29, 0.717) is 22.3 Å². The fraction of sp³-hybridized carbons (Fsp3) is 0.333. The van der Waals surface area contributed by atoms with Crippen molar-refractivity contribution in [2.75, 3.05) is 11.9 Å². The first-order valence-corrected chi connectivity index (χ1v) is 6.19. The predicted octanol–water partition coefficient (Wildman–Crippen LogP) is 3.28. The van der Waals surface area contributed by atoms with E-state index in [0.717, 1.165) is 0 Å². The Morgan fingerprint density at radius 1 is 1.28 bits per heavy atom. The molecule has 1 aromatic carbocycles. The van der Waals surface area contributed by atoms with Gasteiger partial charge in [-0.1, -0.05) is 23.2 Å². The van der Waals surface area contributed by atoms with Crippen molar-refractivity contribution in [1.82, 2.24) is 0 Å². The van der Waals surface area contributed by atoms with Crippen LogP contribution in [0.1, 0.15) is 19.8 Å². The molecule has 0 spiro atoms. The molecule has 0 atom stereocenters. The van der Waals surface area contributed by atoms with Crippen LogP contribution in [0.4, 0.5) is 5.69 Å². The second-order valence-electron chi connectivity index (χ2n) is 3.48. The van der Waals surface area contributed by atoms with Crippen molar-refractivity contribution in [1.29, 1.82) is 0 Å². The van der Waals surface area contributed by atoms with Gasteiger partial charge in [0.25, 0.3) is 0 Å². The van der Waals surface area contributed by atoms with E-state index in [1.165, 1.54) is 6.07 Å². The van der Waals surface area contributed by atoms with Gasteiger partial charge in [-0.25, -0.2) is 0 Å². The maximum absolute atomic E-state index is 11.5. The van der Waals surface area contributed by atoms with Crippen LogP contribution >= 0.6 is 23.2 Å². The summed E-state index contributed by atoms with van der Waals surface area (Å²) in [6.07, 6.45) is 0.0999. The number of rotatable bonds is 5. The van der Waals surface area contributed by atoms with Crippen molar-refractivity contribution in [3.8, 4) is 0 Å². The summed E-state index contributed by atoms with van der Waals surface area (Å²) >= 11 is 11.6. The normalized spacial score (nSPS) is 9.94. The summed E-state index contributed by atoms with van der Waals surface area (Å²) in [7, 11) is 0. The van der Waals surface area contributed by atoms with Gasteiger partial charge in [-0.15, -0.1) is 0 Å². The highest BCUT2D eigenvalue weighted by Crippen LogP contribution is 2.25. The lowest BCUT2D eigenvalue weighted by Gasteiger charge is -2.07. The Morgan fingerprint density at radius 2 is 2.00 bits per heavy atom. The molecule has 0 aliphatic carbocycles. The smallest absolute Gasteiger partial charge is 0.306 e. The van der Waals surface area contributed by atoms with Gasteiger partial charge in [0.05, 0.1) is 23.7 Å². The zero-order valence-electron chi connectivity index (χ0n) is 9.83. The molecule has 0 aromatic heterocycles. The molecule has 0 bridgehead atoms. The molecule has 1 rings (SSSR count). The quantitative estimate of drug-likeness (QED) is 0.847. The molecular weight excluding hydrogens is 277 g/mol. The van der Waals surface area contributed by atoms with Gasteiger partial charge in [0.1, 0.15) is 0 Å². The third-order valence-electron chi connectivity index (χ3n) is 2.07. The minimum Gasteiger partial charge on any atom is -0.466 e. The number of hydrogen-bond donors (Lipinski definition) is 1. The Morgan fingerprint density at radius 3 is 2.61 bits per heavy atom. The van der Waals surface area contributed by atoms with Crippen molar-refractivity contribution >= 4 is 40.8 Å². The molecule has 0 aliphatic rings. The van der Waals surface area contributed by atoms with E-state index in [-0.39, 0.29) is 18.7 Å². The number of nitrogens with one attached hydrogen (secondary N) is 1. The Labute approximate surface area is 115 Å². The summed E-state index contributed by atoms with van der Waals surface area (Å²) in [6, 6.07) is 4.76. The van der Waals surface area contributed by atoms with Crippen molar-refractivity contribution < 1.29 is 14.3 Å². The summed E-state index contributed by atoms with van der Waals surface area (Å²) in [5, 5.41) is 3.44. The maximum atomic E-state index is 11.5. The van der Waals surface area contributed by atoms with Gasteiger partial charge in [0.2, 0.25) is 5.91 Å². The molecule has 0 saturated heterocycles. The Balaban J connectivity index is 2.47. The lowest BCUT2D eigenvalue weighted by Crippen LogP contribution is -2.14. The SMILES string of the molecule is CCOC(=O)CCC(=O)Nc1ccc(Cl)cc1Cl. The average Bonchev–Trinajstić information content (AvgIpc) is 2.31. The van der Waals surface area contributed by atoms with Crippen LogP contribution < -0.4 is 5.32 Å². The topological polar surface area (TPSA) is 55.4 Å². The first-order chi connectivity index (χ1) is 8.52. The van der Waals surface area contributed by atoms with Gasteiger partial charge in [0, 0.05) is 11.4 Å². The van der Waals surface area contributed by atoms with Crippen LogP contribution in [0.5, 0.6) is 0 Å². The summed E-state index contributed by atoms with van der Waals surface area (Å²) in [5.74, 6) is -0.692. The van der Waals surface area contributed by atoms with Crippen LogP contribution in [0.2, 0.25) is 10.0 Å². The van der Waals surface area contributed by atoms with Crippen LogP contribution in [-0.2, 0) is 14.3 Å². The van der Waals surface area contributed by atoms with Crippen molar-refractivity contribution in [2.24, 2.45) is 0 Å². The summed E-state index contributed by atoms with van der Waals surface area (Å²) in [6.45, 7) is 2.02. The molecule has 0 saturated carbocycles. The van der Waals surface area contributed by atoms with E-state index < -0.39 is 5.97 Å². The maximum Gasteiger partial charge on any atom is 0.306 e. The number of esters is 1. The second-order valence-corrected chi connectivity index (χ2v) is 4.32. The van der Waals surface area contributed by atoms with Crippen LogP contribution in [0.15, 0.2) is 18.2 Å². The summed E-state index contributed by atoms with van der Waals surface area (Å²) < 4.78 is 4.72. The Kier molecular flexibility index (Phi) is 5.95. The van der Waals surface area contributed by atoms with Gasteiger partial charge in [-0.3, -0.25) is 9.59 Å². The zero-order chi connectivity index (χ0) is 13.5. The fourth-order valence-electron chi connectivity index (χ4n) is 1.25. The van der Waals surface area contributed by atoms with E-state index in [9.17, 15) is 9.59 Å². The lowest BCUT2D eigenvalue weighted by molar-refractivity contribution is -0.144. The van der Waals surface area contributed by atoms with Crippen molar-refractivity contribution in [3.05, 3.63) is 28.2 Å². The number of anilines is 1. The molecule has 4 nitrogen and oxygen atoms in total. The first kappa shape index (κ1) is 14.8. The van der Waals surface area contributed by atoms with Crippen LogP contribution in [0.3, 0.4) is 0 Å². The lowest BCUT2D eigenvalue weighted by atomic mass is 10.2. The van der Waals surface area contributed by atoms with Crippen LogP contribution in [0, 0.1) is 0 Å². The number of hydrogen-bond acceptors (Lipinski definition) is 3. The Hall–Kier alpha value is -1.26. The molecule has 0 heterocycles. The second kappa shape index (κ2) is 7.24. The van der Waals surface area contributed by atoms with E-state index in [2.05, 4.69) is 5.32 Å². The zero-order valence-corrected chi connectivity index (χ0v) is 11.3. The highest BCUT2D eigenvalue weighted by atomic mass is 35.5. The number of benzene rings is 1. The van der Waals surface area contributed by atoms with Crippen LogP contribution in [0.25, 0.3) is 0 Å². The molecule has 18 heavy (non-hydrogen) atoms. The third kappa shape index (κ3) is 4.94. The number of amides is 1. The molecule has 1 amide bonds. The number of halogens is 2. The largest absolute Gasteiger partial charge is 0.466 e. The van der Waals surface area contributed by atoms with E-state index >= 15 is 0 Å². The average molecular weight is 290 g/mol. The number of ether oxygens (including phenoxy) is 1. The molecule has 0 radical (unpaired) electrons. The highest BCUT2D eigenvalue weighted by Gasteiger charge is 2.09. The predicted molar refractivity (Wildman–Crippen MR) is 71.0 cm³/mol. The van der Waals surface area contributed by atoms with Gasteiger partial charge >= 0.3 is 5.97 Å². The van der Waals surface area contributed by atoms with Crippen molar-refractivity contribution in [2.45, 2.75) is 19.8 Å². The molecule has 1 N–H and O–H groups in total. The molecule has 0 aliphatic heterocycles. The van der Waals surface area contributed by atoms with Gasteiger partial charge < -0.3 is 10.1 Å². The molecular formula is C12H13Cl2NO3. The highest BCUT2D eigenvalue weighted by molar-refractivity contribution is 6.36. The molecule has 0 fully saturated rings. The monoisotopic (exact) mass is 289 g/mol. The van der Waals surface area contributed by atoms with Gasteiger partial charge in [-0.2, -0.15) is 0 Å². The summed E-state index contributed by atoms with van der Waals surface area (Å²) in [4.78, 5) is 22.6. The summed E-state index contributed by atoms with van der Waals surface area (Å²) in [5.41, 5.74) is 0.468. The molecule has 98 valence electrons. The standard InChI is InChI=1S/C12H13Cl2NO3/c1-2-18-12(17)6-5-11(16)15-10-4-3-8(13)7-9(10)14/h3-4,7H,2,5-6H2,1H3,(H,15,16). The van der Waals surface area contributed by atoms with E-state index in [1.54, 1.807) is 19.1 Å². The minimum atomic E-state index is -0.394. The molecule has 1 aromatic rings. The third-order valence-corrected chi connectivity index (χ3v) is 2.61. The number of carbonyl (C=O) groups is 2. The minimum absolute atomic E-state index is 0.0465. The van der Waals surface area contributed by atoms with Crippen molar-refractivity contribution in [3.63, 3.8) is 0 Å². The number of carbonyl (C=O) groups excluding carboxylic acids is 2. The van der Waals surface area contributed by atoms with Crippen LogP contribution in [-0.4, -0.2) is 18.5 Å². The fourth-order valence-corrected chi connectivity index (χ4v) is 1.71. The first-order valence-electron chi connectivity index (χ1n) is 5.43. The van der Waals surface area contributed by atoms with Gasteiger partial charge in [-0.05, 0) is 25.1 Å². The molecule has 6 heteroatoms. The van der Waals surface area contributed by atoms with E-state index in [4.69, 9.17) is 27.9 Å². The Bertz CT molecular complexity index is 449. The van der Waals surface area contributed by atoms with Gasteiger partial charge in [0.15, 0.2) is 0 Å². The van der Waals surface area contributed by atoms with E-state index in [1.807, 2.05) is 0 Å². The molecule has 0 unspecified atom stereocenters.